The van der Waals surface area contributed by atoms with Gasteiger partial charge in [0.05, 0.1) is 0 Å². The van der Waals surface area contributed by atoms with E-state index in [0.29, 0.717) is 5.30 Å². The fraction of sp³-hybridized carbons (Fsp3) is 0. The van der Waals surface area contributed by atoms with Crippen LogP contribution >= 0.6 is 7.14 Å². The van der Waals surface area contributed by atoms with Gasteiger partial charge in [0, 0.05) is 50.2 Å². The molecule has 0 spiro atoms. The lowest BCUT2D eigenvalue weighted by molar-refractivity contribution is 0.592. The van der Waals surface area contributed by atoms with E-state index in [4.69, 9.17) is 4.42 Å². The third-order valence-electron chi connectivity index (χ3n) is 9.21. The molecule has 7 aromatic carbocycles. The standard InChI is InChI=1S/C43H28NO2P/c45-47(32-13-3-1-4-14-32,33-15-5-2-6-16-33)34-24-31(27-44-28-34)36-20-11-21-39-41-26-30(22-23-42(41)46-43(36)39)40-25-29-12-7-8-17-35(29)37-18-9-10-19-38(37)40/h1-28H. The number of benzene rings is 7. The Balaban J connectivity index is 1.21. The van der Waals surface area contributed by atoms with Crippen molar-refractivity contribution in [3.05, 3.63) is 170 Å². The van der Waals surface area contributed by atoms with Crippen molar-refractivity contribution in [1.29, 1.82) is 0 Å². The Labute approximate surface area is 272 Å². The maximum atomic E-state index is 15.1. The molecule has 2 aromatic heterocycles. The van der Waals surface area contributed by atoms with Crippen LogP contribution in [0.2, 0.25) is 0 Å². The normalized spacial score (nSPS) is 11.9. The van der Waals surface area contributed by atoms with Crippen LogP contribution in [0.1, 0.15) is 0 Å². The van der Waals surface area contributed by atoms with Crippen LogP contribution in [0, 0.1) is 0 Å². The van der Waals surface area contributed by atoms with Gasteiger partial charge < -0.3 is 8.98 Å². The first-order valence-electron chi connectivity index (χ1n) is 15.7. The Morgan fingerprint density at radius 2 is 1.11 bits per heavy atom. The molecular weight excluding hydrogens is 593 g/mol. The van der Waals surface area contributed by atoms with Gasteiger partial charge in [0.2, 0.25) is 0 Å². The van der Waals surface area contributed by atoms with E-state index in [0.717, 1.165) is 49.2 Å². The van der Waals surface area contributed by atoms with Gasteiger partial charge >= 0.3 is 0 Å². The number of para-hydroxylation sites is 1. The molecule has 0 fully saturated rings. The van der Waals surface area contributed by atoms with Crippen molar-refractivity contribution in [3.8, 4) is 22.3 Å². The minimum absolute atomic E-state index is 0.686. The van der Waals surface area contributed by atoms with Crippen LogP contribution in [0.3, 0.4) is 0 Å². The highest BCUT2D eigenvalue weighted by molar-refractivity contribution is 7.85. The smallest absolute Gasteiger partial charge is 0.172 e. The van der Waals surface area contributed by atoms with E-state index >= 15 is 4.57 Å². The van der Waals surface area contributed by atoms with Gasteiger partial charge in [0.1, 0.15) is 11.2 Å². The molecule has 0 amide bonds. The second kappa shape index (κ2) is 10.9. The molecule has 2 heterocycles. The largest absolute Gasteiger partial charge is 0.455 e. The summed E-state index contributed by atoms with van der Waals surface area (Å²) < 4.78 is 21.7. The van der Waals surface area contributed by atoms with Crippen LogP contribution in [0.5, 0.6) is 0 Å². The summed E-state index contributed by atoms with van der Waals surface area (Å²) in [4.78, 5) is 4.63. The lowest BCUT2D eigenvalue weighted by atomic mass is 9.92. The second-order valence-corrected chi connectivity index (χ2v) is 14.7. The van der Waals surface area contributed by atoms with Crippen molar-refractivity contribution in [1.82, 2.24) is 4.98 Å². The van der Waals surface area contributed by atoms with Gasteiger partial charge in [-0.25, -0.2) is 0 Å². The summed E-state index contributed by atoms with van der Waals surface area (Å²) in [5.41, 5.74) is 5.73. The van der Waals surface area contributed by atoms with Gasteiger partial charge in [-0.2, -0.15) is 0 Å². The van der Waals surface area contributed by atoms with Gasteiger partial charge in [0.15, 0.2) is 7.14 Å². The molecule has 0 unspecified atom stereocenters. The Morgan fingerprint density at radius 3 is 1.87 bits per heavy atom. The first-order valence-corrected chi connectivity index (χ1v) is 17.4. The Morgan fingerprint density at radius 1 is 0.447 bits per heavy atom. The third kappa shape index (κ3) is 4.43. The molecule has 3 nitrogen and oxygen atoms in total. The van der Waals surface area contributed by atoms with Crippen molar-refractivity contribution in [2.45, 2.75) is 0 Å². The van der Waals surface area contributed by atoms with Crippen LogP contribution in [0.15, 0.2) is 175 Å². The van der Waals surface area contributed by atoms with E-state index in [2.05, 4.69) is 96.0 Å². The zero-order chi connectivity index (χ0) is 31.4. The summed E-state index contributed by atoms with van der Waals surface area (Å²) in [5, 5.41) is 9.28. The number of hydrogen-bond acceptors (Lipinski definition) is 3. The van der Waals surface area contributed by atoms with E-state index < -0.39 is 7.14 Å². The average molecular weight is 622 g/mol. The van der Waals surface area contributed by atoms with Gasteiger partial charge in [-0.05, 0) is 56.9 Å². The van der Waals surface area contributed by atoms with Crippen molar-refractivity contribution < 1.29 is 8.98 Å². The quantitative estimate of drug-likeness (QED) is 0.142. The van der Waals surface area contributed by atoms with Crippen molar-refractivity contribution in [3.63, 3.8) is 0 Å². The van der Waals surface area contributed by atoms with E-state index in [9.17, 15) is 0 Å². The summed E-state index contributed by atoms with van der Waals surface area (Å²) in [7, 11) is -3.18. The highest BCUT2D eigenvalue weighted by Crippen LogP contribution is 2.44. The third-order valence-corrected chi connectivity index (χ3v) is 12.2. The summed E-state index contributed by atoms with van der Waals surface area (Å²) >= 11 is 0. The topological polar surface area (TPSA) is 43.1 Å². The number of aromatic nitrogens is 1. The Hall–Kier alpha value is -5.76. The van der Waals surface area contributed by atoms with Gasteiger partial charge in [-0.15, -0.1) is 0 Å². The molecule has 0 N–H and O–H groups in total. The molecule has 47 heavy (non-hydrogen) atoms. The molecule has 9 rings (SSSR count). The van der Waals surface area contributed by atoms with Crippen LogP contribution in [-0.2, 0) is 4.57 Å². The molecule has 0 saturated carbocycles. The maximum absolute atomic E-state index is 15.1. The highest BCUT2D eigenvalue weighted by Gasteiger charge is 2.30. The maximum Gasteiger partial charge on any atom is 0.172 e. The van der Waals surface area contributed by atoms with Crippen molar-refractivity contribution in [2.24, 2.45) is 0 Å². The molecule has 4 heteroatoms. The fourth-order valence-corrected chi connectivity index (χ4v) is 9.59. The molecule has 0 aliphatic rings. The van der Waals surface area contributed by atoms with Gasteiger partial charge in [-0.1, -0.05) is 133 Å². The number of hydrogen-bond donors (Lipinski definition) is 0. The molecule has 0 aliphatic carbocycles. The van der Waals surface area contributed by atoms with Crippen molar-refractivity contribution in [2.75, 3.05) is 0 Å². The van der Waals surface area contributed by atoms with E-state index in [1.54, 1.807) is 6.20 Å². The Bertz CT molecular complexity index is 2620. The second-order valence-electron chi connectivity index (χ2n) is 11.9. The predicted molar refractivity (Wildman–Crippen MR) is 197 cm³/mol. The summed E-state index contributed by atoms with van der Waals surface area (Å²) in [6.07, 6.45) is 3.57. The molecule has 0 atom stereocenters. The van der Waals surface area contributed by atoms with Crippen LogP contribution in [-0.4, -0.2) is 4.98 Å². The zero-order valence-corrected chi connectivity index (χ0v) is 26.3. The van der Waals surface area contributed by atoms with Crippen LogP contribution in [0.4, 0.5) is 0 Å². The van der Waals surface area contributed by atoms with E-state index in [1.807, 2.05) is 72.9 Å². The SMILES string of the molecule is O=P(c1ccccc1)(c1ccccc1)c1cncc(-c2cccc3c2oc2ccc(-c4cc5ccccc5c5ccccc45)cc23)c1. The lowest BCUT2D eigenvalue weighted by Crippen LogP contribution is -2.25. The number of fused-ring (bicyclic) bond motifs is 6. The number of rotatable bonds is 5. The summed E-state index contributed by atoms with van der Waals surface area (Å²) in [5.74, 6) is 0. The molecule has 0 bridgehead atoms. The number of furan rings is 1. The minimum atomic E-state index is -3.18. The van der Waals surface area contributed by atoms with Crippen molar-refractivity contribution >= 4 is 66.5 Å². The minimum Gasteiger partial charge on any atom is -0.455 e. The monoisotopic (exact) mass is 621 g/mol. The first-order chi connectivity index (χ1) is 23.2. The summed E-state index contributed by atoms with van der Waals surface area (Å²) in [6.45, 7) is 0. The zero-order valence-electron chi connectivity index (χ0n) is 25.4. The Kier molecular flexibility index (Phi) is 6.41. The molecular formula is C43H28NO2P. The predicted octanol–water partition coefficient (Wildman–Crippen LogP) is 10.3. The molecule has 0 radical (unpaired) electrons. The van der Waals surface area contributed by atoms with Crippen LogP contribution < -0.4 is 15.9 Å². The van der Waals surface area contributed by atoms with Gasteiger partial charge in [-0.3, -0.25) is 4.98 Å². The molecule has 222 valence electrons. The van der Waals surface area contributed by atoms with E-state index in [-0.39, 0.29) is 0 Å². The number of nitrogens with zero attached hydrogens (tertiary/aromatic N) is 1. The average Bonchev–Trinajstić information content (AvgIpc) is 3.53. The molecule has 0 saturated heterocycles. The first kappa shape index (κ1) is 27.5. The summed E-state index contributed by atoms with van der Waals surface area (Å²) in [6, 6.07) is 53.6. The lowest BCUT2D eigenvalue weighted by Gasteiger charge is -2.20. The molecule has 0 aliphatic heterocycles. The van der Waals surface area contributed by atoms with Gasteiger partial charge in [0.25, 0.3) is 0 Å². The highest BCUT2D eigenvalue weighted by atomic mass is 31.2. The van der Waals surface area contributed by atoms with E-state index in [1.165, 1.54) is 27.1 Å². The fourth-order valence-electron chi connectivity index (χ4n) is 6.96. The van der Waals surface area contributed by atoms with Crippen LogP contribution in [0.25, 0.3) is 65.7 Å². The number of pyridine rings is 1. The molecule has 9 aromatic rings.